The number of carbonyl (C=O) groups excluding carboxylic acids is 1. The molecule has 104 valence electrons. The fourth-order valence-corrected chi connectivity index (χ4v) is 3.23. The molecule has 0 spiro atoms. The van der Waals surface area contributed by atoms with Crippen LogP contribution in [0.25, 0.3) is 0 Å². The molecular weight excluding hydrogens is 272 g/mol. The van der Waals surface area contributed by atoms with Gasteiger partial charge in [-0.05, 0) is 24.5 Å². The maximum Gasteiger partial charge on any atom is 0.307 e. The van der Waals surface area contributed by atoms with Gasteiger partial charge in [-0.25, -0.2) is 0 Å². The average molecular weight is 288 g/mol. The summed E-state index contributed by atoms with van der Waals surface area (Å²) in [6.45, 7) is 2.22. The Bertz CT molecular complexity index is 647. The highest BCUT2D eigenvalue weighted by atomic mass is 32.1. The van der Waals surface area contributed by atoms with E-state index in [4.69, 9.17) is 0 Å². The van der Waals surface area contributed by atoms with Gasteiger partial charge >= 0.3 is 4.87 Å². The van der Waals surface area contributed by atoms with E-state index in [1.807, 2.05) is 46.8 Å². The molecule has 1 unspecified atom stereocenters. The molecule has 0 bridgehead atoms. The Kier molecular flexibility index (Phi) is 3.69. The lowest BCUT2D eigenvalue weighted by Gasteiger charge is -2.16. The molecule has 0 aliphatic carbocycles. The van der Waals surface area contributed by atoms with Crippen LogP contribution in [-0.2, 0) is 6.54 Å². The van der Waals surface area contributed by atoms with Crippen molar-refractivity contribution in [2.45, 2.75) is 13.0 Å². The van der Waals surface area contributed by atoms with Gasteiger partial charge in [-0.15, -0.1) is 0 Å². The summed E-state index contributed by atoms with van der Waals surface area (Å²) in [4.78, 5) is 25.8. The maximum absolute atomic E-state index is 12.3. The molecular formula is C15H16N2O2S. The summed E-state index contributed by atoms with van der Waals surface area (Å²) in [6, 6.07) is 9.36. The number of aromatic nitrogens is 1. The molecule has 1 aromatic carbocycles. The summed E-state index contributed by atoms with van der Waals surface area (Å²) < 4.78 is 1.74. The van der Waals surface area contributed by atoms with E-state index in [-0.39, 0.29) is 10.8 Å². The van der Waals surface area contributed by atoms with Gasteiger partial charge < -0.3 is 9.47 Å². The molecule has 2 heterocycles. The van der Waals surface area contributed by atoms with Crippen LogP contribution in [0.15, 0.2) is 46.7 Å². The normalized spacial score (nSPS) is 18.4. The number of thiazole rings is 1. The fourth-order valence-electron chi connectivity index (χ4n) is 2.63. The number of rotatable bonds is 3. The molecule has 20 heavy (non-hydrogen) atoms. The number of carbonyl (C=O) groups is 1. The van der Waals surface area contributed by atoms with Crippen molar-refractivity contribution in [3.05, 3.63) is 57.1 Å². The summed E-state index contributed by atoms with van der Waals surface area (Å²) >= 11 is 1.22. The number of amides is 1. The second-order valence-electron chi connectivity index (χ2n) is 5.09. The first-order valence-corrected chi connectivity index (χ1v) is 7.60. The molecule has 4 nitrogen and oxygen atoms in total. The lowest BCUT2D eigenvalue weighted by Crippen LogP contribution is -2.29. The van der Waals surface area contributed by atoms with E-state index in [9.17, 15) is 9.59 Å². The molecule has 0 radical (unpaired) electrons. The highest BCUT2D eigenvalue weighted by Gasteiger charge is 2.27. The van der Waals surface area contributed by atoms with Crippen molar-refractivity contribution in [2.24, 2.45) is 5.92 Å². The summed E-state index contributed by atoms with van der Waals surface area (Å²) in [6.07, 6.45) is 2.79. The monoisotopic (exact) mass is 288 g/mol. The Labute approximate surface area is 121 Å². The molecule has 2 aromatic rings. The van der Waals surface area contributed by atoms with Gasteiger partial charge in [0.05, 0.1) is 0 Å². The van der Waals surface area contributed by atoms with Crippen LogP contribution in [0, 0.1) is 5.92 Å². The lowest BCUT2D eigenvalue weighted by atomic mass is 10.1. The second-order valence-corrected chi connectivity index (χ2v) is 5.95. The van der Waals surface area contributed by atoms with Crippen molar-refractivity contribution in [3.63, 3.8) is 0 Å². The highest BCUT2D eigenvalue weighted by molar-refractivity contribution is 7.07. The van der Waals surface area contributed by atoms with Crippen molar-refractivity contribution < 1.29 is 4.79 Å². The van der Waals surface area contributed by atoms with Gasteiger partial charge in [0, 0.05) is 36.8 Å². The van der Waals surface area contributed by atoms with Gasteiger partial charge in [0.1, 0.15) is 0 Å². The molecule has 0 saturated carbocycles. The van der Waals surface area contributed by atoms with Crippen molar-refractivity contribution in [1.82, 2.24) is 9.47 Å². The molecule has 1 fully saturated rings. The van der Waals surface area contributed by atoms with E-state index >= 15 is 0 Å². The first-order chi connectivity index (χ1) is 9.74. The Hall–Kier alpha value is -1.88. The number of benzene rings is 1. The fraction of sp³-hybridized carbons (Fsp3) is 0.333. The molecule has 1 aromatic heterocycles. The van der Waals surface area contributed by atoms with Gasteiger partial charge in [-0.1, -0.05) is 29.5 Å². The number of nitrogens with zero attached hydrogens (tertiary/aromatic N) is 2. The summed E-state index contributed by atoms with van der Waals surface area (Å²) in [5.41, 5.74) is 0.737. The predicted molar refractivity (Wildman–Crippen MR) is 79.0 cm³/mol. The quantitative estimate of drug-likeness (QED) is 0.867. The Morgan fingerprint density at radius 1 is 1.30 bits per heavy atom. The van der Waals surface area contributed by atoms with E-state index in [1.54, 1.807) is 4.57 Å². The summed E-state index contributed by atoms with van der Waals surface area (Å²) in [5, 5.41) is 1.81. The smallest absolute Gasteiger partial charge is 0.307 e. The zero-order valence-electron chi connectivity index (χ0n) is 11.1. The average Bonchev–Trinajstić information content (AvgIpc) is 3.10. The molecule has 5 heteroatoms. The minimum Gasteiger partial charge on any atom is -0.338 e. The van der Waals surface area contributed by atoms with Crippen molar-refractivity contribution in [2.75, 3.05) is 13.1 Å². The number of hydrogen-bond donors (Lipinski definition) is 0. The SMILES string of the molecule is O=C(c1ccccc1)N1CCC(Cn2ccsc2=O)C1. The molecule has 1 aliphatic heterocycles. The van der Waals surface area contributed by atoms with Crippen LogP contribution < -0.4 is 4.87 Å². The van der Waals surface area contributed by atoms with Crippen molar-refractivity contribution >= 4 is 17.2 Å². The third-order valence-electron chi connectivity index (χ3n) is 3.69. The van der Waals surface area contributed by atoms with Crippen molar-refractivity contribution in [1.29, 1.82) is 0 Å². The van der Waals surface area contributed by atoms with Gasteiger partial charge in [-0.3, -0.25) is 9.59 Å². The summed E-state index contributed by atoms with van der Waals surface area (Å²) in [5.74, 6) is 0.459. The Balaban J connectivity index is 1.64. The Morgan fingerprint density at radius 3 is 2.80 bits per heavy atom. The minimum absolute atomic E-state index is 0.0813. The van der Waals surface area contributed by atoms with Crippen LogP contribution in [0.3, 0.4) is 0 Å². The molecule has 0 N–H and O–H groups in total. The molecule has 3 rings (SSSR count). The zero-order valence-corrected chi connectivity index (χ0v) is 11.9. The zero-order chi connectivity index (χ0) is 13.9. The van der Waals surface area contributed by atoms with E-state index < -0.39 is 0 Å². The number of likely N-dealkylation sites (tertiary alicyclic amines) is 1. The van der Waals surface area contributed by atoms with Crippen LogP contribution in [0.2, 0.25) is 0 Å². The number of hydrogen-bond acceptors (Lipinski definition) is 3. The third-order valence-corrected chi connectivity index (χ3v) is 4.39. The van der Waals surface area contributed by atoms with Crippen LogP contribution in [0.1, 0.15) is 16.8 Å². The molecule has 1 amide bonds. The maximum atomic E-state index is 12.3. The highest BCUT2D eigenvalue weighted by Crippen LogP contribution is 2.20. The largest absolute Gasteiger partial charge is 0.338 e. The predicted octanol–water partition coefficient (Wildman–Crippen LogP) is 2.07. The van der Waals surface area contributed by atoms with Gasteiger partial charge in [-0.2, -0.15) is 0 Å². The van der Waals surface area contributed by atoms with E-state index in [0.29, 0.717) is 12.5 Å². The van der Waals surface area contributed by atoms with E-state index in [1.165, 1.54) is 11.3 Å². The summed E-state index contributed by atoms with van der Waals surface area (Å²) in [7, 11) is 0. The molecule has 1 saturated heterocycles. The first kappa shape index (κ1) is 13.1. The van der Waals surface area contributed by atoms with Crippen LogP contribution >= 0.6 is 11.3 Å². The lowest BCUT2D eigenvalue weighted by molar-refractivity contribution is 0.0786. The van der Waals surface area contributed by atoms with Gasteiger partial charge in [0.25, 0.3) is 5.91 Å². The standard InChI is InChI=1S/C15H16N2O2S/c18-14(13-4-2-1-3-5-13)16-7-6-12(10-16)11-17-8-9-20-15(17)19/h1-5,8-9,12H,6-7,10-11H2. The second kappa shape index (κ2) is 5.63. The van der Waals surface area contributed by atoms with Crippen molar-refractivity contribution in [3.8, 4) is 0 Å². The minimum atomic E-state index is 0.0813. The third kappa shape index (κ3) is 2.67. The van der Waals surface area contributed by atoms with Crippen LogP contribution in [0.5, 0.6) is 0 Å². The van der Waals surface area contributed by atoms with Crippen LogP contribution in [-0.4, -0.2) is 28.5 Å². The Morgan fingerprint density at radius 2 is 2.10 bits per heavy atom. The molecule has 1 atom stereocenters. The van der Waals surface area contributed by atoms with Gasteiger partial charge in [0.2, 0.25) is 0 Å². The van der Waals surface area contributed by atoms with Gasteiger partial charge in [0.15, 0.2) is 0 Å². The van der Waals surface area contributed by atoms with Crippen LogP contribution in [0.4, 0.5) is 0 Å². The van der Waals surface area contributed by atoms with E-state index in [0.717, 1.165) is 25.1 Å². The first-order valence-electron chi connectivity index (χ1n) is 6.72. The molecule has 1 aliphatic rings. The van der Waals surface area contributed by atoms with E-state index in [2.05, 4.69) is 0 Å². The topological polar surface area (TPSA) is 42.3 Å².